The maximum absolute atomic E-state index is 12.8. The highest BCUT2D eigenvalue weighted by molar-refractivity contribution is 5.94. The van der Waals surface area contributed by atoms with E-state index in [4.69, 9.17) is 4.74 Å². The number of carbonyl (C=O) groups is 2. The molecule has 160 valence electrons. The molecule has 0 saturated carbocycles. The van der Waals surface area contributed by atoms with Crippen molar-refractivity contribution in [3.05, 3.63) is 71.8 Å². The van der Waals surface area contributed by atoms with Gasteiger partial charge in [-0.05, 0) is 63.6 Å². The Morgan fingerprint density at radius 3 is 2.13 bits per heavy atom. The fourth-order valence-corrected chi connectivity index (χ4v) is 3.81. The first-order valence-corrected chi connectivity index (χ1v) is 10.7. The first kappa shape index (κ1) is 21.9. The molecule has 30 heavy (non-hydrogen) atoms. The summed E-state index contributed by atoms with van der Waals surface area (Å²) in [6, 6.07) is 19.4. The summed E-state index contributed by atoms with van der Waals surface area (Å²) in [5.74, 6) is 0.376. The van der Waals surface area contributed by atoms with Gasteiger partial charge in [-0.3, -0.25) is 4.79 Å². The summed E-state index contributed by atoms with van der Waals surface area (Å²) in [5.41, 5.74) is 1.29. The molecule has 5 heteroatoms. The second-order valence-electron chi connectivity index (χ2n) is 8.95. The van der Waals surface area contributed by atoms with Gasteiger partial charge in [-0.25, -0.2) is 4.79 Å². The third-order valence-corrected chi connectivity index (χ3v) is 5.38. The lowest BCUT2D eigenvalue weighted by Gasteiger charge is -2.35. The molecule has 1 saturated heterocycles. The van der Waals surface area contributed by atoms with Gasteiger partial charge >= 0.3 is 6.09 Å². The quantitative estimate of drug-likeness (QED) is 0.740. The summed E-state index contributed by atoms with van der Waals surface area (Å²) >= 11 is 0. The lowest BCUT2D eigenvalue weighted by Crippen LogP contribution is -2.42. The second kappa shape index (κ2) is 9.79. The van der Waals surface area contributed by atoms with Crippen LogP contribution < -0.4 is 5.32 Å². The monoisotopic (exact) mass is 408 g/mol. The molecule has 0 spiro atoms. The predicted molar refractivity (Wildman–Crippen MR) is 118 cm³/mol. The Labute approximate surface area is 179 Å². The van der Waals surface area contributed by atoms with Crippen LogP contribution in [0.15, 0.2) is 60.7 Å². The van der Waals surface area contributed by atoms with Crippen LogP contribution in [0.25, 0.3) is 0 Å². The van der Waals surface area contributed by atoms with Crippen LogP contribution in [0.4, 0.5) is 4.79 Å². The van der Waals surface area contributed by atoms with Gasteiger partial charge < -0.3 is 15.0 Å². The number of nitrogens with one attached hydrogen (secondary N) is 1. The summed E-state index contributed by atoms with van der Waals surface area (Å²) in [6.07, 6.45) is 2.43. The predicted octanol–water partition coefficient (Wildman–Crippen LogP) is 5.19. The topological polar surface area (TPSA) is 58.6 Å². The first-order chi connectivity index (χ1) is 14.3. The number of hydrogen-bond acceptors (Lipinski definition) is 3. The molecule has 1 fully saturated rings. The number of piperidine rings is 1. The van der Waals surface area contributed by atoms with Crippen LogP contribution in [0.3, 0.4) is 0 Å². The van der Waals surface area contributed by atoms with Crippen molar-refractivity contribution in [1.82, 2.24) is 10.2 Å². The van der Waals surface area contributed by atoms with Crippen molar-refractivity contribution >= 4 is 12.0 Å². The second-order valence-corrected chi connectivity index (χ2v) is 8.95. The van der Waals surface area contributed by atoms with Crippen molar-refractivity contribution < 1.29 is 14.3 Å². The van der Waals surface area contributed by atoms with Crippen LogP contribution in [0, 0.1) is 5.92 Å². The molecule has 1 atom stereocenters. The van der Waals surface area contributed by atoms with Gasteiger partial charge in [-0.15, -0.1) is 0 Å². The fraction of sp³-hybridized carbons (Fsp3) is 0.440. The summed E-state index contributed by atoms with van der Waals surface area (Å²) < 4.78 is 5.49. The number of nitrogens with zero attached hydrogens (tertiary/aromatic N) is 1. The molecular formula is C25H32N2O3. The van der Waals surface area contributed by atoms with E-state index in [1.165, 1.54) is 0 Å². The van der Waals surface area contributed by atoms with Gasteiger partial charge in [0.2, 0.25) is 0 Å². The zero-order valence-corrected chi connectivity index (χ0v) is 18.1. The highest BCUT2D eigenvalue weighted by Gasteiger charge is 2.29. The van der Waals surface area contributed by atoms with E-state index in [1.807, 2.05) is 69.3 Å². The fourth-order valence-electron chi connectivity index (χ4n) is 3.81. The summed E-state index contributed by atoms with van der Waals surface area (Å²) in [4.78, 5) is 26.9. The molecule has 2 aromatic rings. The zero-order chi connectivity index (χ0) is 21.6. The number of hydrogen-bond donors (Lipinski definition) is 1. The summed E-state index contributed by atoms with van der Waals surface area (Å²) in [5, 5.41) is 3.22. The van der Waals surface area contributed by atoms with Crippen LogP contribution >= 0.6 is 0 Å². The normalized spacial score (nSPS) is 16.0. The molecule has 0 radical (unpaired) electrons. The van der Waals surface area contributed by atoms with E-state index in [2.05, 4.69) is 17.4 Å². The van der Waals surface area contributed by atoms with Crippen LogP contribution in [0.2, 0.25) is 0 Å². The van der Waals surface area contributed by atoms with Gasteiger partial charge in [0.25, 0.3) is 5.91 Å². The van der Waals surface area contributed by atoms with E-state index in [9.17, 15) is 9.59 Å². The van der Waals surface area contributed by atoms with E-state index in [0.717, 1.165) is 24.8 Å². The number of rotatable bonds is 5. The molecule has 1 unspecified atom stereocenters. The molecule has 0 aliphatic carbocycles. The number of amides is 2. The van der Waals surface area contributed by atoms with Crippen molar-refractivity contribution in [2.45, 2.75) is 51.7 Å². The van der Waals surface area contributed by atoms with E-state index < -0.39 is 5.60 Å². The lowest BCUT2D eigenvalue weighted by atomic mass is 9.87. The van der Waals surface area contributed by atoms with Crippen molar-refractivity contribution in [2.24, 2.45) is 5.92 Å². The van der Waals surface area contributed by atoms with Crippen LogP contribution in [-0.4, -0.2) is 35.6 Å². The Hall–Kier alpha value is -2.82. The Balaban J connectivity index is 1.62. The summed E-state index contributed by atoms with van der Waals surface area (Å²) in [7, 11) is 0. The van der Waals surface area contributed by atoms with Gasteiger partial charge in [-0.2, -0.15) is 0 Å². The number of ether oxygens (including phenoxy) is 1. The highest BCUT2D eigenvalue weighted by Crippen LogP contribution is 2.29. The van der Waals surface area contributed by atoms with Crippen LogP contribution in [0.5, 0.6) is 0 Å². The average molecular weight is 409 g/mol. The maximum atomic E-state index is 12.8. The van der Waals surface area contributed by atoms with Crippen LogP contribution in [-0.2, 0) is 4.74 Å². The minimum atomic E-state index is -0.478. The zero-order valence-electron chi connectivity index (χ0n) is 18.1. The molecular weight excluding hydrogens is 376 g/mol. The minimum absolute atomic E-state index is 0.0583. The van der Waals surface area contributed by atoms with Gasteiger partial charge in [-0.1, -0.05) is 48.5 Å². The third-order valence-electron chi connectivity index (χ3n) is 5.38. The molecule has 5 nitrogen and oxygen atoms in total. The average Bonchev–Trinajstić information content (AvgIpc) is 2.74. The molecule has 0 aromatic heterocycles. The van der Waals surface area contributed by atoms with E-state index in [-0.39, 0.29) is 18.0 Å². The van der Waals surface area contributed by atoms with Gasteiger partial charge in [0, 0.05) is 18.7 Å². The molecule has 3 rings (SSSR count). The molecule has 2 amide bonds. The van der Waals surface area contributed by atoms with E-state index in [1.54, 1.807) is 4.90 Å². The van der Waals surface area contributed by atoms with Crippen molar-refractivity contribution in [1.29, 1.82) is 0 Å². The molecule has 1 aliphatic rings. The maximum Gasteiger partial charge on any atom is 0.410 e. The molecule has 2 aromatic carbocycles. The smallest absolute Gasteiger partial charge is 0.410 e. The van der Waals surface area contributed by atoms with Gasteiger partial charge in [0.15, 0.2) is 0 Å². The Kier molecular flexibility index (Phi) is 7.14. The minimum Gasteiger partial charge on any atom is -0.444 e. The van der Waals surface area contributed by atoms with E-state index in [0.29, 0.717) is 24.6 Å². The van der Waals surface area contributed by atoms with E-state index >= 15 is 0 Å². The molecule has 1 aliphatic heterocycles. The van der Waals surface area contributed by atoms with Gasteiger partial charge in [0.05, 0.1) is 6.04 Å². The van der Waals surface area contributed by atoms with Gasteiger partial charge in [0.1, 0.15) is 5.60 Å². The number of likely N-dealkylation sites (tertiary alicyclic amines) is 1. The van der Waals surface area contributed by atoms with Crippen molar-refractivity contribution in [3.8, 4) is 0 Å². The standard InChI is InChI=1S/C25H32N2O3/c1-25(2,3)30-24(29)27-16-14-19(15-17-27)18-22(20-10-6-4-7-11-20)26-23(28)21-12-8-5-9-13-21/h4-13,19,22H,14-18H2,1-3H3,(H,26,28). The van der Waals surface area contributed by atoms with Crippen LogP contribution in [0.1, 0.15) is 62.0 Å². The number of carbonyl (C=O) groups excluding carboxylic acids is 2. The van der Waals surface area contributed by atoms with Crippen molar-refractivity contribution in [2.75, 3.05) is 13.1 Å². The molecule has 1 heterocycles. The molecule has 0 bridgehead atoms. The largest absolute Gasteiger partial charge is 0.444 e. The first-order valence-electron chi connectivity index (χ1n) is 10.7. The Morgan fingerprint density at radius 2 is 1.57 bits per heavy atom. The summed E-state index contributed by atoms with van der Waals surface area (Å²) in [6.45, 7) is 7.04. The Bertz CT molecular complexity index is 822. The third kappa shape index (κ3) is 6.34. The highest BCUT2D eigenvalue weighted by atomic mass is 16.6. The lowest BCUT2D eigenvalue weighted by molar-refractivity contribution is 0.0178. The van der Waals surface area contributed by atoms with Crippen molar-refractivity contribution in [3.63, 3.8) is 0 Å². The SMILES string of the molecule is CC(C)(C)OC(=O)N1CCC(CC(NC(=O)c2ccccc2)c2ccccc2)CC1. The Morgan fingerprint density at radius 1 is 1.00 bits per heavy atom. The number of benzene rings is 2. The molecule has 1 N–H and O–H groups in total.